The third-order valence-corrected chi connectivity index (χ3v) is 16.0. The first-order valence-electron chi connectivity index (χ1n) is 35.8. The number of hydrogen-bond acceptors (Lipinski definition) is 6. The van der Waals surface area contributed by atoms with Crippen molar-refractivity contribution in [2.45, 2.75) is 386 Å². The zero-order chi connectivity index (χ0) is 58.5. The molecule has 0 aliphatic carbocycles. The van der Waals surface area contributed by atoms with Crippen LogP contribution in [0, 0.1) is 0 Å². The molecule has 0 fully saturated rings. The zero-order valence-corrected chi connectivity index (χ0v) is 54.3. The van der Waals surface area contributed by atoms with Gasteiger partial charge in [0.05, 0.1) is 0 Å². The number of rotatable bonds is 66. The van der Waals surface area contributed by atoms with Crippen molar-refractivity contribution in [3.05, 3.63) is 60.8 Å². The van der Waals surface area contributed by atoms with Gasteiger partial charge in [-0.3, -0.25) is 14.4 Å². The van der Waals surface area contributed by atoms with E-state index in [-0.39, 0.29) is 31.1 Å². The summed E-state index contributed by atoms with van der Waals surface area (Å²) in [6.07, 6.45) is 89.7. The molecule has 0 rings (SSSR count). The Hall–Kier alpha value is -2.89. The van der Waals surface area contributed by atoms with Crippen molar-refractivity contribution >= 4 is 17.9 Å². The monoisotopic (exact) mass is 1130 g/mol. The molecule has 81 heavy (non-hydrogen) atoms. The molecule has 472 valence electrons. The van der Waals surface area contributed by atoms with Gasteiger partial charge in [-0.1, -0.05) is 313 Å². The lowest BCUT2D eigenvalue weighted by molar-refractivity contribution is -0.167. The lowest BCUT2D eigenvalue weighted by Crippen LogP contribution is -2.30. The molecule has 0 saturated heterocycles. The summed E-state index contributed by atoms with van der Waals surface area (Å²) in [6.45, 7) is 6.65. The van der Waals surface area contributed by atoms with E-state index in [1.54, 1.807) is 0 Å². The number of allylic oxidation sites excluding steroid dienone is 10. The van der Waals surface area contributed by atoms with Gasteiger partial charge < -0.3 is 14.2 Å². The molecule has 0 saturated carbocycles. The standard InChI is InChI=1S/C75H136O6/c1-4-7-10-13-16-19-22-25-28-30-32-33-34-35-36-37-38-39-40-41-42-43-44-46-47-50-53-56-59-62-65-68-74(77)80-71-72(70-79-73(76)67-64-61-58-55-52-49-27-24-21-18-15-12-9-6-3)81-75(78)69-66-63-60-57-54-51-48-45-31-29-26-23-20-17-14-11-8-5-2/h20,22-25,27,29-32,72H,4-19,21,26,28,33-71H2,1-3H3/b23-20-,25-22-,27-24-,31-29-,32-30-. The summed E-state index contributed by atoms with van der Waals surface area (Å²) in [7, 11) is 0. The zero-order valence-electron chi connectivity index (χ0n) is 54.3. The van der Waals surface area contributed by atoms with Crippen LogP contribution in [0.15, 0.2) is 60.8 Å². The smallest absolute Gasteiger partial charge is 0.306 e. The number of esters is 3. The molecule has 6 nitrogen and oxygen atoms in total. The average molecular weight is 1130 g/mol. The molecule has 1 unspecified atom stereocenters. The molecule has 0 aliphatic heterocycles. The van der Waals surface area contributed by atoms with Crippen LogP contribution in [0.25, 0.3) is 0 Å². The van der Waals surface area contributed by atoms with E-state index in [0.717, 1.165) is 83.5 Å². The summed E-state index contributed by atoms with van der Waals surface area (Å²) in [5.41, 5.74) is 0. The Labute approximate surface area is 504 Å². The summed E-state index contributed by atoms with van der Waals surface area (Å²) in [4.78, 5) is 38.4. The van der Waals surface area contributed by atoms with E-state index < -0.39 is 6.10 Å². The van der Waals surface area contributed by atoms with Crippen LogP contribution in [0.1, 0.15) is 380 Å². The minimum absolute atomic E-state index is 0.0764. The molecular formula is C75H136O6. The molecule has 0 aromatic carbocycles. The van der Waals surface area contributed by atoms with Gasteiger partial charge in [0.25, 0.3) is 0 Å². The Morgan fingerprint density at radius 3 is 0.704 bits per heavy atom. The van der Waals surface area contributed by atoms with E-state index in [1.165, 1.54) is 257 Å². The Morgan fingerprint density at radius 1 is 0.247 bits per heavy atom. The first-order chi connectivity index (χ1) is 40.0. The van der Waals surface area contributed by atoms with Gasteiger partial charge >= 0.3 is 17.9 Å². The molecule has 0 aliphatic rings. The van der Waals surface area contributed by atoms with Crippen molar-refractivity contribution in [2.75, 3.05) is 13.2 Å². The molecule has 6 heteroatoms. The first-order valence-corrected chi connectivity index (χ1v) is 35.8. The van der Waals surface area contributed by atoms with Crippen molar-refractivity contribution in [2.24, 2.45) is 0 Å². The molecule has 0 N–H and O–H groups in total. The first kappa shape index (κ1) is 78.1. The van der Waals surface area contributed by atoms with Crippen LogP contribution in [-0.4, -0.2) is 37.2 Å². The molecule has 0 heterocycles. The molecule has 1 atom stereocenters. The second-order valence-corrected chi connectivity index (χ2v) is 24.1. The summed E-state index contributed by atoms with van der Waals surface area (Å²) in [5, 5.41) is 0. The van der Waals surface area contributed by atoms with Gasteiger partial charge in [0.15, 0.2) is 6.10 Å². The summed E-state index contributed by atoms with van der Waals surface area (Å²) < 4.78 is 17.0. The molecule has 0 amide bonds. The van der Waals surface area contributed by atoms with Gasteiger partial charge in [-0.2, -0.15) is 0 Å². The Balaban J connectivity index is 4.19. The fourth-order valence-electron chi connectivity index (χ4n) is 10.6. The van der Waals surface area contributed by atoms with Gasteiger partial charge in [-0.05, 0) is 109 Å². The second kappa shape index (κ2) is 69.6. The largest absolute Gasteiger partial charge is 0.462 e. The number of carbonyl (C=O) groups is 3. The Bertz CT molecular complexity index is 1440. The normalized spacial score (nSPS) is 12.4. The highest BCUT2D eigenvalue weighted by Crippen LogP contribution is 2.18. The molecule has 0 aromatic heterocycles. The minimum Gasteiger partial charge on any atom is -0.462 e. The number of hydrogen-bond donors (Lipinski definition) is 0. The van der Waals surface area contributed by atoms with Crippen LogP contribution in [0.2, 0.25) is 0 Å². The van der Waals surface area contributed by atoms with Crippen molar-refractivity contribution in [3.8, 4) is 0 Å². The average Bonchev–Trinajstić information content (AvgIpc) is 3.47. The quantitative estimate of drug-likeness (QED) is 0.0261. The maximum Gasteiger partial charge on any atom is 0.306 e. The highest BCUT2D eigenvalue weighted by Gasteiger charge is 2.19. The maximum atomic E-state index is 12.9. The van der Waals surface area contributed by atoms with Gasteiger partial charge in [0, 0.05) is 19.3 Å². The Morgan fingerprint density at radius 2 is 0.444 bits per heavy atom. The summed E-state index contributed by atoms with van der Waals surface area (Å²) in [6, 6.07) is 0. The van der Waals surface area contributed by atoms with Gasteiger partial charge in [-0.25, -0.2) is 0 Å². The van der Waals surface area contributed by atoms with Crippen LogP contribution in [0.5, 0.6) is 0 Å². The lowest BCUT2D eigenvalue weighted by atomic mass is 10.0. The van der Waals surface area contributed by atoms with Crippen LogP contribution in [-0.2, 0) is 28.6 Å². The molecular weight excluding hydrogens is 997 g/mol. The second-order valence-electron chi connectivity index (χ2n) is 24.1. The van der Waals surface area contributed by atoms with E-state index in [0.29, 0.717) is 19.3 Å². The van der Waals surface area contributed by atoms with Gasteiger partial charge in [0.1, 0.15) is 13.2 Å². The number of ether oxygens (including phenoxy) is 3. The van der Waals surface area contributed by atoms with Gasteiger partial charge in [-0.15, -0.1) is 0 Å². The van der Waals surface area contributed by atoms with Gasteiger partial charge in [0.2, 0.25) is 0 Å². The predicted molar refractivity (Wildman–Crippen MR) is 353 cm³/mol. The van der Waals surface area contributed by atoms with E-state index in [9.17, 15) is 14.4 Å². The molecule has 0 radical (unpaired) electrons. The highest BCUT2D eigenvalue weighted by atomic mass is 16.6. The van der Waals surface area contributed by atoms with E-state index in [2.05, 4.69) is 81.5 Å². The fourth-order valence-corrected chi connectivity index (χ4v) is 10.6. The molecule has 0 aromatic rings. The van der Waals surface area contributed by atoms with E-state index >= 15 is 0 Å². The SMILES string of the molecule is CCCCCC/C=C\C/C=C\CCCCCCCCCC(=O)OC(COC(=O)CCCCCCC/C=C\CCCCCCC)COC(=O)CCCCCCCCCCCCCCCCCCCCC/C=C\C/C=C\CCCCCCC. The van der Waals surface area contributed by atoms with Crippen LogP contribution in [0.4, 0.5) is 0 Å². The third kappa shape index (κ3) is 67.8. The summed E-state index contributed by atoms with van der Waals surface area (Å²) in [5.74, 6) is -0.871. The predicted octanol–water partition coefficient (Wildman–Crippen LogP) is 24.7. The number of unbranched alkanes of at least 4 members (excludes halogenated alkanes) is 45. The van der Waals surface area contributed by atoms with Crippen LogP contribution < -0.4 is 0 Å². The van der Waals surface area contributed by atoms with Crippen LogP contribution >= 0.6 is 0 Å². The summed E-state index contributed by atoms with van der Waals surface area (Å²) >= 11 is 0. The van der Waals surface area contributed by atoms with Crippen LogP contribution in [0.3, 0.4) is 0 Å². The van der Waals surface area contributed by atoms with E-state index in [1.807, 2.05) is 0 Å². The molecule has 0 spiro atoms. The topological polar surface area (TPSA) is 78.9 Å². The van der Waals surface area contributed by atoms with Crippen molar-refractivity contribution in [1.29, 1.82) is 0 Å². The lowest BCUT2D eigenvalue weighted by Gasteiger charge is -2.18. The number of carbonyl (C=O) groups excluding carboxylic acids is 3. The third-order valence-electron chi connectivity index (χ3n) is 16.0. The van der Waals surface area contributed by atoms with Crippen molar-refractivity contribution < 1.29 is 28.6 Å². The van der Waals surface area contributed by atoms with Crippen molar-refractivity contribution in [3.63, 3.8) is 0 Å². The van der Waals surface area contributed by atoms with Crippen molar-refractivity contribution in [1.82, 2.24) is 0 Å². The molecule has 0 bridgehead atoms. The fraction of sp³-hybridized carbons (Fsp3) is 0.827. The van der Waals surface area contributed by atoms with E-state index in [4.69, 9.17) is 14.2 Å². The maximum absolute atomic E-state index is 12.9. The Kier molecular flexibility index (Phi) is 67.1. The highest BCUT2D eigenvalue weighted by molar-refractivity contribution is 5.71. The minimum atomic E-state index is -0.782.